The number of carbonyl (C=O) groups is 8. The summed E-state index contributed by atoms with van der Waals surface area (Å²) < 4.78 is 21.1. The number of carboxylic acid groups (broad SMARTS) is 4. The van der Waals surface area contributed by atoms with E-state index in [9.17, 15) is 58.8 Å². The number of Topliss-reactive ketones (excluding diaryl/α,β-unsaturated/α-hetero) is 4. The van der Waals surface area contributed by atoms with Crippen molar-refractivity contribution >= 4 is 47.0 Å². The van der Waals surface area contributed by atoms with Gasteiger partial charge in [0.05, 0.1) is 0 Å². The summed E-state index contributed by atoms with van der Waals surface area (Å²) in [6.07, 6.45) is -3.88. The number of ether oxygens (including phenoxy) is 4. The molecule has 0 aliphatic rings. The molecule has 0 aromatic heterocycles. The topological polar surface area (TPSA) is 266 Å². The van der Waals surface area contributed by atoms with E-state index in [-0.39, 0.29) is 48.1 Å². The summed E-state index contributed by atoms with van der Waals surface area (Å²) in [5.41, 5.74) is 0. The van der Waals surface area contributed by atoms with Crippen LogP contribution in [0.2, 0.25) is 0 Å². The van der Waals surface area contributed by atoms with Gasteiger partial charge in [-0.2, -0.15) is 0 Å². The molecule has 0 aromatic rings. The molecule has 0 bridgehead atoms. The molecule has 4 atom stereocenters. The predicted octanol–water partition coefficient (Wildman–Crippen LogP) is -3.23. The second-order valence-corrected chi connectivity index (χ2v) is 9.84. The third-order valence-electron chi connectivity index (χ3n) is 6.05. The van der Waals surface area contributed by atoms with E-state index >= 15 is 0 Å². The van der Waals surface area contributed by atoms with Crippen molar-refractivity contribution in [3.05, 3.63) is 0 Å². The average molecular weight is 709 g/mol. The van der Waals surface area contributed by atoms with E-state index in [2.05, 4.69) is 0 Å². The first kappa shape index (κ1) is 48.5. The smallest absolute Gasteiger partial charge is 0.550 e. The van der Waals surface area contributed by atoms with Gasteiger partial charge in [0.1, 0.15) is 24.4 Å². The molecule has 0 aliphatic heterocycles. The SMILES string of the molecule is CCC(OCCCOC(CC)C(=O)CC(=O)[O-])C(=O)CC(=O)[O-].CCC(OCCCOC(CC)C(=O)CC(=O)[O-])C(=O)CC(=O)[O-].[Ti+4]. The van der Waals surface area contributed by atoms with Crippen molar-refractivity contribution in [2.45, 2.75) is 116 Å². The maximum absolute atomic E-state index is 11.5. The maximum atomic E-state index is 11.5. The van der Waals surface area contributed by atoms with Crippen molar-refractivity contribution in [2.75, 3.05) is 26.4 Å². The van der Waals surface area contributed by atoms with Gasteiger partial charge in [-0.25, -0.2) is 0 Å². The van der Waals surface area contributed by atoms with Crippen LogP contribution in [0.25, 0.3) is 0 Å². The summed E-state index contributed by atoms with van der Waals surface area (Å²) in [6.45, 7) is 7.40. The Hall–Kier alpha value is -2.89. The molecule has 0 fully saturated rings. The number of aliphatic carboxylic acids is 4. The van der Waals surface area contributed by atoms with Crippen molar-refractivity contribution in [1.29, 1.82) is 0 Å². The number of carbonyl (C=O) groups excluding carboxylic acids is 8. The molecule has 0 spiro atoms. The molecule has 0 aliphatic carbocycles. The van der Waals surface area contributed by atoms with Crippen molar-refractivity contribution < 1.29 is 99.4 Å². The zero-order valence-corrected chi connectivity index (χ0v) is 28.8. The molecular weight excluding hydrogens is 664 g/mol. The second kappa shape index (κ2) is 29.3. The van der Waals surface area contributed by atoms with Gasteiger partial charge < -0.3 is 58.6 Å². The Kier molecular flexibility index (Phi) is 30.2. The van der Waals surface area contributed by atoms with Crippen LogP contribution in [0.5, 0.6) is 0 Å². The summed E-state index contributed by atoms with van der Waals surface area (Å²) in [4.78, 5) is 87.5. The molecule has 0 rings (SSSR count). The molecule has 0 amide bonds. The molecular formula is C30H44O16Ti. The molecule has 4 unspecified atom stereocenters. The summed E-state index contributed by atoms with van der Waals surface area (Å²) in [7, 11) is 0. The summed E-state index contributed by atoms with van der Waals surface area (Å²) in [5.74, 6) is -7.99. The van der Waals surface area contributed by atoms with Crippen LogP contribution in [0.4, 0.5) is 0 Å². The Balaban J connectivity index is -0.000000807. The molecule has 0 saturated heterocycles. The van der Waals surface area contributed by atoms with Gasteiger partial charge in [-0.15, -0.1) is 0 Å². The van der Waals surface area contributed by atoms with Crippen molar-refractivity contribution in [2.24, 2.45) is 0 Å². The van der Waals surface area contributed by atoms with Gasteiger partial charge in [0.2, 0.25) is 0 Å². The Bertz CT molecular complexity index is 844. The third kappa shape index (κ3) is 25.8. The Morgan fingerprint density at radius 3 is 0.702 bits per heavy atom. The first-order valence-electron chi connectivity index (χ1n) is 15.0. The largest absolute Gasteiger partial charge is 4.00 e. The van der Waals surface area contributed by atoms with Crippen molar-refractivity contribution in [1.82, 2.24) is 0 Å². The Morgan fingerprint density at radius 2 is 0.574 bits per heavy atom. The quantitative estimate of drug-likeness (QED) is 0.0439. The van der Waals surface area contributed by atoms with E-state index < -0.39 is 97.1 Å². The third-order valence-corrected chi connectivity index (χ3v) is 6.05. The molecule has 0 radical (unpaired) electrons. The predicted molar refractivity (Wildman–Crippen MR) is 148 cm³/mol. The van der Waals surface area contributed by atoms with E-state index in [4.69, 9.17) is 18.9 Å². The van der Waals surface area contributed by atoms with Crippen molar-refractivity contribution in [3.8, 4) is 0 Å². The fourth-order valence-corrected chi connectivity index (χ4v) is 3.80. The second-order valence-electron chi connectivity index (χ2n) is 9.84. The van der Waals surface area contributed by atoms with Gasteiger partial charge in [-0.3, -0.25) is 19.2 Å². The van der Waals surface area contributed by atoms with Crippen LogP contribution in [0.1, 0.15) is 91.9 Å². The number of hydrogen-bond acceptors (Lipinski definition) is 16. The van der Waals surface area contributed by atoms with Gasteiger partial charge in [-0.05, 0) is 38.5 Å². The number of rotatable bonds is 28. The van der Waals surface area contributed by atoms with E-state index in [1.807, 2.05) is 0 Å². The van der Waals surface area contributed by atoms with Gasteiger partial charge >= 0.3 is 21.7 Å². The van der Waals surface area contributed by atoms with Crippen LogP contribution < -0.4 is 20.4 Å². The first-order valence-corrected chi connectivity index (χ1v) is 15.0. The minimum atomic E-state index is -1.45. The maximum Gasteiger partial charge on any atom is 4.00 e. The number of ketones is 4. The summed E-state index contributed by atoms with van der Waals surface area (Å²) in [6, 6.07) is 0. The Morgan fingerprint density at radius 1 is 0.404 bits per heavy atom. The monoisotopic (exact) mass is 708 g/mol. The molecule has 0 aromatic carbocycles. The molecule has 47 heavy (non-hydrogen) atoms. The van der Waals surface area contributed by atoms with E-state index in [0.717, 1.165) is 0 Å². The van der Waals surface area contributed by atoms with Crippen LogP contribution >= 0.6 is 0 Å². The van der Waals surface area contributed by atoms with E-state index in [1.165, 1.54) is 0 Å². The minimum absolute atomic E-state index is 0. The van der Waals surface area contributed by atoms with Gasteiger partial charge in [0.15, 0.2) is 23.1 Å². The van der Waals surface area contributed by atoms with Crippen LogP contribution in [0.3, 0.4) is 0 Å². The number of carboxylic acids is 4. The minimum Gasteiger partial charge on any atom is -0.550 e. The van der Waals surface area contributed by atoms with Crippen LogP contribution in [-0.4, -0.2) is 97.9 Å². The van der Waals surface area contributed by atoms with Gasteiger partial charge in [0.25, 0.3) is 0 Å². The molecule has 0 saturated carbocycles. The Labute approximate surface area is 288 Å². The molecule has 0 N–H and O–H groups in total. The molecule has 17 heteroatoms. The number of hydrogen-bond donors (Lipinski definition) is 0. The van der Waals surface area contributed by atoms with Gasteiger partial charge in [0, 0.05) is 76.0 Å². The standard InChI is InChI=1S/2C15H24O8.Ti/c2*1-3-12(10(16)8-14(18)19)22-6-5-7-23-13(4-2)11(17)9-15(20)21;/h2*12-13H,3-9H2,1-2H3,(H,18,19)(H,20,21);/q;;+4/p-4. The van der Waals surface area contributed by atoms with Crippen LogP contribution in [0, 0.1) is 0 Å². The van der Waals surface area contributed by atoms with Gasteiger partial charge in [-0.1, -0.05) is 27.7 Å². The fourth-order valence-electron chi connectivity index (χ4n) is 3.80. The zero-order valence-electron chi connectivity index (χ0n) is 27.2. The van der Waals surface area contributed by atoms with Crippen molar-refractivity contribution in [3.63, 3.8) is 0 Å². The molecule has 264 valence electrons. The van der Waals surface area contributed by atoms with E-state index in [0.29, 0.717) is 38.5 Å². The average Bonchev–Trinajstić information content (AvgIpc) is 2.95. The summed E-state index contributed by atoms with van der Waals surface area (Å²) in [5, 5.41) is 41.5. The van der Waals surface area contributed by atoms with Crippen LogP contribution in [-0.2, 0) is 79.0 Å². The fraction of sp³-hybridized carbons (Fsp3) is 0.733. The molecule has 16 nitrogen and oxygen atoms in total. The first-order chi connectivity index (χ1) is 21.6. The zero-order chi connectivity index (χ0) is 35.7. The van der Waals surface area contributed by atoms with Crippen LogP contribution in [0.15, 0.2) is 0 Å². The molecule has 0 heterocycles. The van der Waals surface area contributed by atoms with E-state index in [1.54, 1.807) is 27.7 Å². The summed E-state index contributed by atoms with van der Waals surface area (Å²) >= 11 is 0. The normalized spacial score (nSPS) is 13.0.